The predicted octanol–water partition coefficient (Wildman–Crippen LogP) is 4.15. The van der Waals surface area contributed by atoms with Crippen LogP contribution in [0.3, 0.4) is 0 Å². The summed E-state index contributed by atoms with van der Waals surface area (Å²) in [6.07, 6.45) is 9.34. The van der Waals surface area contributed by atoms with Gasteiger partial charge in [-0.15, -0.1) is 6.58 Å². The first-order valence-corrected chi connectivity index (χ1v) is 9.66. The first-order valence-electron chi connectivity index (χ1n) is 9.66. The molecule has 6 heteroatoms. The van der Waals surface area contributed by atoms with Gasteiger partial charge in [0.05, 0.1) is 6.04 Å². The van der Waals surface area contributed by atoms with E-state index in [1.54, 1.807) is 42.7 Å². The van der Waals surface area contributed by atoms with Crippen molar-refractivity contribution >= 4 is 17.6 Å². The smallest absolute Gasteiger partial charge is 0.322 e. The molecular formula is C22H26N4O2. The molecule has 1 fully saturated rings. The number of urea groups is 1. The third kappa shape index (κ3) is 4.97. The van der Waals surface area contributed by atoms with Gasteiger partial charge in [-0.3, -0.25) is 9.78 Å². The Labute approximate surface area is 165 Å². The summed E-state index contributed by atoms with van der Waals surface area (Å²) in [4.78, 5) is 30.9. The zero-order valence-electron chi connectivity index (χ0n) is 15.9. The van der Waals surface area contributed by atoms with Crippen LogP contribution in [0.2, 0.25) is 0 Å². The highest BCUT2D eigenvalue weighted by molar-refractivity contribution is 5.95. The van der Waals surface area contributed by atoms with Crippen LogP contribution in [0.4, 0.5) is 10.5 Å². The van der Waals surface area contributed by atoms with Gasteiger partial charge in [-0.2, -0.15) is 0 Å². The second kappa shape index (κ2) is 9.69. The zero-order valence-corrected chi connectivity index (χ0v) is 15.9. The van der Waals surface area contributed by atoms with Gasteiger partial charge < -0.3 is 15.5 Å². The van der Waals surface area contributed by atoms with Crippen LogP contribution in [0, 0.1) is 0 Å². The molecule has 1 aromatic carbocycles. The van der Waals surface area contributed by atoms with E-state index in [0.29, 0.717) is 17.8 Å². The largest absolute Gasteiger partial charge is 0.349 e. The number of rotatable bonds is 5. The van der Waals surface area contributed by atoms with Crippen molar-refractivity contribution in [3.8, 4) is 0 Å². The van der Waals surface area contributed by atoms with E-state index < -0.39 is 0 Å². The van der Waals surface area contributed by atoms with Crippen molar-refractivity contribution in [2.45, 2.75) is 31.7 Å². The Balaban J connectivity index is 1.69. The van der Waals surface area contributed by atoms with Crippen LogP contribution in [0.25, 0.3) is 0 Å². The van der Waals surface area contributed by atoms with Gasteiger partial charge in [0.2, 0.25) is 0 Å². The first-order chi connectivity index (χ1) is 13.7. The van der Waals surface area contributed by atoms with Gasteiger partial charge in [0.25, 0.3) is 5.91 Å². The van der Waals surface area contributed by atoms with E-state index in [4.69, 9.17) is 0 Å². The van der Waals surface area contributed by atoms with Crippen LogP contribution >= 0.6 is 0 Å². The van der Waals surface area contributed by atoms with Crippen molar-refractivity contribution in [2.24, 2.45) is 0 Å². The Bertz CT molecular complexity index is 805. The van der Waals surface area contributed by atoms with Gasteiger partial charge in [-0.05, 0) is 54.8 Å². The van der Waals surface area contributed by atoms with E-state index in [9.17, 15) is 9.59 Å². The second-order valence-electron chi connectivity index (χ2n) is 6.85. The summed E-state index contributed by atoms with van der Waals surface area (Å²) in [6, 6.07) is 10.8. The van der Waals surface area contributed by atoms with Crippen LogP contribution in [-0.4, -0.2) is 34.9 Å². The highest BCUT2D eigenvalue weighted by Crippen LogP contribution is 2.30. The maximum absolute atomic E-state index is 13.0. The van der Waals surface area contributed by atoms with Crippen molar-refractivity contribution < 1.29 is 9.59 Å². The lowest BCUT2D eigenvalue weighted by Crippen LogP contribution is -2.38. The van der Waals surface area contributed by atoms with Crippen LogP contribution in [0.1, 0.15) is 47.6 Å². The predicted molar refractivity (Wildman–Crippen MR) is 110 cm³/mol. The Morgan fingerprint density at radius 1 is 1.11 bits per heavy atom. The first kappa shape index (κ1) is 19.6. The number of hydrogen-bond donors (Lipinski definition) is 2. The van der Waals surface area contributed by atoms with Crippen molar-refractivity contribution in [3.05, 3.63) is 72.6 Å². The summed E-state index contributed by atoms with van der Waals surface area (Å²) >= 11 is 0. The van der Waals surface area contributed by atoms with Gasteiger partial charge >= 0.3 is 6.03 Å². The number of benzene rings is 1. The Kier molecular flexibility index (Phi) is 6.78. The third-order valence-corrected chi connectivity index (χ3v) is 4.91. The van der Waals surface area contributed by atoms with E-state index in [0.717, 1.165) is 37.8 Å². The highest BCUT2D eigenvalue weighted by Gasteiger charge is 2.26. The zero-order chi connectivity index (χ0) is 19.8. The molecule has 1 aromatic heterocycles. The number of aromatic nitrogens is 1. The molecule has 0 saturated carbocycles. The summed E-state index contributed by atoms with van der Waals surface area (Å²) < 4.78 is 0. The number of nitrogens with one attached hydrogen (secondary N) is 2. The molecule has 0 spiro atoms. The summed E-state index contributed by atoms with van der Waals surface area (Å²) in [5.41, 5.74) is 2.33. The van der Waals surface area contributed by atoms with Gasteiger partial charge in [0.1, 0.15) is 0 Å². The SMILES string of the molecule is C=CCNC(=O)c1ccc(NC(=O)N2CCCCCC2c2ccncc2)cc1. The van der Waals surface area contributed by atoms with E-state index in [-0.39, 0.29) is 18.0 Å². The number of carbonyl (C=O) groups excluding carboxylic acids is 2. The lowest BCUT2D eigenvalue weighted by Gasteiger charge is -2.30. The number of amides is 3. The van der Waals surface area contributed by atoms with Crippen molar-refractivity contribution in [1.29, 1.82) is 0 Å². The van der Waals surface area contributed by atoms with Crippen molar-refractivity contribution in [1.82, 2.24) is 15.2 Å². The van der Waals surface area contributed by atoms with Gasteiger partial charge in [0.15, 0.2) is 0 Å². The number of pyridine rings is 1. The molecule has 0 bridgehead atoms. The molecule has 1 unspecified atom stereocenters. The monoisotopic (exact) mass is 378 g/mol. The maximum Gasteiger partial charge on any atom is 0.322 e. The molecule has 3 rings (SSSR count). The molecule has 1 aliphatic rings. The average molecular weight is 378 g/mol. The average Bonchev–Trinajstić information content (AvgIpc) is 2.99. The van der Waals surface area contributed by atoms with Crippen molar-refractivity contribution in [3.63, 3.8) is 0 Å². The lowest BCUT2D eigenvalue weighted by atomic mass is 10.0. The normalized spacial score (nSPS) is 16.7. The Hall–Kier alpha value is -3.15. The molecule has 1 saturated heterocycles. The fraction of sp³-hybridized carbons (Fsp3) is 0.318. The molecule has 1 atom stereocenters. The summed E-state index contributed by atoms with van der Waals surface area (Å²) in [5.74, 6) is -0.164. The summed E-state index contributed by atoms with van der Waals surface area (Å²) in [7, 11) is 0. The molecule has 2 heterocycles. The molecule has 146 valence electrons. The fourth-order valence-corrected chi connectivity index (χ4v) is 3.45. The highest BCUT2D eigenvalue weighted by atomic mass is 16.2. The molecule has 0 aliphatic carbocycles. The molecule has 1 aliphatic heterocycles. The molecular weight excluding hydrogens is 352 g/mol. The minimum Gasteiger partial charge on any atom is -0.349 e. The van der Waals surface area contributed by atoms with E-state index in [2.05, 4.69) is 22.2 Å². The van der Waals surface area contributed by atoms with Crippen LogP contribution in [0.15, 0.2) is 61.4 Å². The molecule has 28 heavy (non-hydrogen) atoms. The molecule has 6 nitrogen and oxygen atoms in total. The molecule has 3 amide bonds. The number of anilines is 1. The maximum atomic E-state index is 13.0. The number of carbonyl (C=O) groups is 2. The molecule has 2 N–H and O–H groups in total. The van der Waals surface area contributed by atoms with Crippen LogP contribution < -0.4 is 10.6 Å². The Morgan fingerprint density at radius 3 is 2.57 bits per heavy atom. The van der Waals surface area contributed by atoms with Gasteiger partial charge in [-0.25, -0.2) is 4.79 Å². The van der Waals surface area contributed by atoms with E-state index >= 15 is 0 Å². The number of hydrogen-bond acceptors (Lipinski definition) is 3. The topological polar surface area (TPSA) is 74.3 Å². The van der Waals surface area contributed by atoms with Gasteiger partial charge in [0, 0.05) is 36.7 Å². The lowest BCUT2D eigenvalue weighted by molar-refractivity contribution is 0.0958. The van der Waals surface area contributed by atoms with Gasteiger partial charge in [-0.1, -0.05) is 18.9 Å². The van der Waals surface area contributed by atoms with E-state index in [1.807, 2.05) is 17.0 Å². The third-order valence-electron chi connectivity index (χ3n) is 4.91. The fourth-order valence-electron chi connectivity index (χ4n) is 3.45. The Morgan fingerprint density at radius 2 is 1.86 bits per heavy atom. The van der Waals surface area contributed by atoms with Crippen LogP contribution in [0.5, 0.6) is 0 Å². The minimum absolute atomic E-state index is 0.0504. The second-order valence-corrected chi connectivity index (χ2v) is 6.85. The number of nitrogens with zero attached hydrogens (tertiary/aromatic N) is 2. The summed E-state index contributed by atoms with van der Waals surface area (Å²) in [5, 5.41) is 5.71. The quantitative estimate of drug-likeness (QED) is 0.768. The number of likely N-dealkylation sites (tertiary alicyclic amines) is 1. The van der Waals surface area contributed by atoms with Crippen molar-refractivity contribution in [2.75, 3.05) is 18.4 Å². The summed E-state index contributed by atoms with van der Waals surface area (Å²) in [6.45, 7) is 4.72. The molecule has 0 radical (unpaired) electrons. The molecule has 2 aromatic rings. The standard InChI is InChI=1S/C22H26N4O2/c1-2-13-24-21(27)18-7-9-19(10-8-18)25-22(28)26-16-5-3-4-6-20(26)17-11-14-23-15-12-17/h2,7-12,14-15,20H,1,3-6,13,16H2,(H,24,27)(H,25,28). The van der Waals surface area contributed by atoms with Crippen LogP contribution in [-0.2, 0) is 0 Å². The van der Waals surface area contributed by atoms with E-state index in [1.165, 1.54) is 0 Å². The minimum atomic E-state index is -0.164.